The van der Waals surface area contributed by atoms with Gasteiger partial charge in [0.15, 0.2) is 11.7 Å². The zero-order valence-corrected chi connectivity index (χ0v) is 15.7. The van der Waals surface area contributed by atoms with Gasteiger partial charge >= 0.3 is 0 Å². The van der Waals surface area contributed by atoms with E-state index in [4.69, 9.17) is 4.42 Å². The van der Waals surface area contributed by atoms with Crippen molar-refractivity contribution < 1.29 is 9.21 Å². The first-order valence-electron chi connectivity index (χ1n) is 9.43. The lowest BCUT2D eigenvalue weighted by molar-refractivity contribution is 0.0927. The molecule has 7 heteroatoms. The van der Waals surface area contributed by atoms with E-state index in [0.717, 1.165) is 38.7 Å². The minimum atomic E-state index is -0.211. The number of rotatable bonds is 6. The first kappa shape index (κ1) is 18.8. The lowest BCUT2D eigenvalue weighted by Gasteiger charge is -2.37. The molecule has 2 N–H and O–H groups in total. The molecule has 0 bridgehead atoms. The third-order valence-electron chi connectivity index (χ3n) is 4.44. The Morgan fingerprint density at radius 2 is 1.85 bits per heavy atom. The molecule has 1 fully saturated rings. The molecule has 2 aromatic rings. The summed E-state index contributed by atoms with van der Waals surface area (Å²) in [5.41, 5.74) is 1.26. The van der Waals surface area contributed by atoms with Crippen LogP contribution in [0.5, 0.6) is 0 Å². The molecule has 0 unspecified atom stereocenters. The number of aliphatic imine (C=N–C) groups is 1. The van der Waals surface area contributed by atoms with E-state index in [1.807, 2.05) is 6.07 Å². The number of guanidine groups is 1. The normalized spacial score (nSPS) is 14.9. The Morgan fingerprint density at radius 3 is 2.52 bits per heavy atom. The van der Waals surface area contributed by atoms with Gasteiger partial charge in [0.25, 0.3) is 5.91 Å². The number of carbonyl (C=O) groups excluding carboxylic acids is 1. The molecule has 3 rings (SSSR count). The maximum Gasteiger partial charge on any atom is 0.287 e. The molecule has 1 aromatic heterocycles. The number of carbonyl (C=O) groups is 1. The number of hydrogen-bond donors (Lipinski definition) is 2. The Labute approximate surface area is 160 Å². The summed E-state index contributed by atoms with van der Waals surface area (Å²) in [5.74, 6) is 1.01. The molecule has 1 aliphatic heterocycles. The number of amides is 1. The molecule has 1 saturated heterocycles. The number of hydrogen-bond acceptors (Lipinski definition) is 4. The molecule has 0 saturated carbocycles. The summed E-state index contributed by atoms with van der Waals surface area (Å²) in [6.45, 7) is 7.63. The SMILES string of the molecule is CCNC(=NCCNC(=O)c1ccco1)N1CCN(c2ccccc2)CC1. The quantitative estimate of drug-likeness (QED) is 0.461. The Hall–Kier alpha value is -2.96. The van der Waals surface area contributed by atoms with E-state index in [1.54, 1.807) is 12.1 Å². The van der Waals surface area contributed by atoms with Gasteiger partial charge in [0.2, 0.25) is 0 Å². The Balaban J connectivity index is 1.48. The predicted molar refractivity (Wildman–Crippen MR) is 107 cm³/mol. The first-order chi connectivity index (χ1) is 13.3. The van der Waals surface area contributed by atoms with Crippen LogP contribution in [0.15, 0.2) is 58.1 Å². The highest BCUT2D eigenvalue weighted by Crippen LogP contribution is 2.15. The average molecular weight is 369 g/mol. The molecule has 0 radical (unpaired) electrons. The van der Waals surface area contributed by atoms with Crippen molar-refractivity contribution in [1.29, 1.82) is 0 Å². The number of piperazine rings is 1. The van der Waals surface area contributed by atoms with Crippen LogP contribution in [0.1, 0.15) is 17.5 Å². The second-order valence-corrected chi connectivity index (χ2v) is 6.28. The van der Waals surface area contributed by atoms with Crippen LogP contribution in [0.25, 0.3) is 0 Å². The summed E-state index contributed by atoms with van der Waals surface area (Å²) in [6.07, 6.45) is 1.49. The molecule has 144 valence electrons. The molecule has 1 amide bonds. The monoisotopic (exact) mass is 369 g/mol. The van der Waals surface area contributed by atoms with Crippen molar-refractivity contribution in [3.05, 3.63) is 54.5 Å². The number of nitrogens with zero attached hydrogens (tertiary/aromatic N) is 3. The fraction of sp³-hybridized carbons (Fsp3) is 0.400. The van der Waals surface area contributed by atoms with E-state index in [2.05, 4.69) is 56.6 Å². The molecule has 7 nitrogen and oxygen atoms in total. The van der Waals surface area contributed by atoms with Crippen LogP contribution >= 0.6 is 0 Å². The predicted octanol–water partition coefficient (Wildman–Crippen LogP) is 1.80. The van der Waals surface area contributed by atoms with Gasteiger partial charge in [-0.3, -0.25) is 9.79 Å². The van der Waals surface area contributed by atoms with E-state index in [1.165, 1.54) is 12.0 Å². The van der Waals surface area contributed by atoms with Crippen molar-refractivity contribution in [1.82, 2.24) is 15.5 Å². The van der Waals surface area contributed by atoms with Crippen LogP contribution < -0.4 is 15.5 Å². The van der Waals surface area contributed by atoms with Crippen LogP contribution in [0.4, 0.5) is 5.69 Å². The lowest BCUT2D eigenvalue weighted by atomic mass is 10.2. The smallest absolute Gasteiger partial charge is 0.287 e. The van der Waals surface area contributed by atoms with E-state index in [-0.39, 0.29) is 5.91 Å². The van der Waals surface area contributed by atoms with Gasteiger partial charge in [-0.25, -0.2) is 0 Å². The Morgan fingerprint density at radius 1 is 1.07 bits per heavy atom. The van der Waals surface area contributed by atoms with Gasteiger partial charge < -0.3 is 24.9 Å². The second kappa shape index (κ2) is 9.66. The topological polar surface area (TPSA) is 73.1 Å². The summed E-state index contributed by atoms with van der Waals surface area (Å²) >= 11 is 0. The van der Waals surface area contributed by atoms with Gasteiger partial charge in [0.1, 0.15) is 0 Å². The maximum absolute atomic E-state index is 11.9. The van der Waals surface area contributed by atoms with Crippen molar-refractivity contribution in [3.63, 3.8) is 0 Å². The van der Waals surface area contributed by atoms with Gasteiger partial charge in [-0.2, -0.15) is 0 Å². The van der Waals surface area contributed by atoms with Crippen molar-refractivity contribution in [2.24, 2.45) is 4.99 Å². The molecular weight excluding hydrogens is 342 g/mol. The highest BCUT2D eigenvalue weighted by atomic mass is 16.3. The van der Waals surface area contributed by atoms with Gasteiger partial charge in [-0.1, -0.05) is 18.2 Å². The lowest BCUT2D eigenvalue weighted by Crippen LogP contribution is -2.52. The molecule has 1 aliphatic rings. The highest BCUT2D eigenvalue weighted by Gasteiger charge is 2.19. The maximum atomic E-state index is 11.9. The largest absolute Gasteiger partial charge is 0.459 e. The average Bonchev–Trinajstić information content (AvgIpc) is 3.26. The number of nitrogens with one attached hydrogen (secondary N) is 2. The summed E-state index contributed by atoms with van der Waals surface area (Å²) in [4.78, 5) is 21.2. The Kier molecular flexibility index (Phi) is 6.73. The van der Waals surface area contributed by atoms with Crippen LogP contribution in [0.2, 0.25) is 0 Å². The van der Waals surface area contributed by atoms with Crippen molar-refractivity contribution in [2.45, 2.75) is 6.92 Å². The molecule has 1 aromatic carbocycles. The molecule has 0 aliphatic carbocycles. The third kappa shape index (κ3) is 5.26. The van der Waals surface area contributed by atoms with Crippen molar-refractivity contribution in [3.8, 4) is 0 Å². The van der Waals surface area contributed by atoms with Crippen LogP contribution in [-0.4, -0.2) is 62.6 Å². The minimum Gasteiger partial charge on any atom is -0.459 e. The molecular formula is C20H27N5O2. The summed E-state index contributed by atoms with van der Waals surface area (Å²) in [6, 6.07) is 13.8. The van der Waals surface area contributed by atoms with Gasteiger partial charge in [0.05, 0.1) is 12.8 Å². The molecule has 27 heavy (non-hydrogen) atoms. The molecule has 0 spiro atoms. The van der Waals surface area contributed by atoms with E-state index in [9.17, 15) is 4.79 Å². The highest BCUT2D eigenvalue weighted by molar-refractivity contribution is 5.91. The standard InChI is InChI=1S/C20H27N5O2/c1-2-21-20(23-11-10-22-19(26)18-9-6-16-27-18)25-14-12-24(13-15-25)17-7-4-3-5-8-17/h3-9,16H,2,10-15H2,1H3,(H,21,23)(H,22,26). The van der Waals surface area contributed by atoms with Crippen molar-refractivity contribution >= 4 is 17.6 Å². The van der Waals surface area contributed by atoms with E-state index >= 15 is 0 Å². The zero-order valence-electron chi connectivity index (χ0n) is 15.7. The summed E-state index contributed by atoms with van der Waals surface area (Å²) < 4.78 is 5.08. The summed E-state index contributed by atoms with van der Waals surface area (Å²) in [7, 11) is 0. The van der Waals surface area contributed by atoms with Crippen molar-refractivity contribution in [2.75, 3.05) is 50.7 Å². The second-order valence-electron chi connectivity index (χ2n) is 6.28. The first-order valence-corrected chi connectivity index (χ1v) is 9.43. The Bertz CT molecular complexity index is 722. The van der Waals surface area contributed by atoms with Crippen LogP contribution in [-0.2, 0) is 0 Å². The zero-order chi connectivity index (χ0) is 18.9. The molecule has 2 heterocycles. The number of para-hydroxylation sites is 1. The van der Waals surface area contributed by atoms with Crippen LogP contribution in [0.3, 0.4) is 0 Å². The fourth-order valence-electron chi connectivity index (χ4n) is 3.07. The minimum absolute atomic E-state index is 0.211. The molecule has 0 atom stereocenters. The van der Waals surface area contributed by atoms with Gasteiger partial charge in [-0.05, 0) is 31.2 Å². The van der Waals surface area contributed by atoms with E-state index in [0.29, 0.717) is 18.8 Å². The number of anilines is 1. The number of benzene rings is 1. The number of furan rings is 1. The van der Waals surface area contributed by atoms with Gasteiger partial charge in [-0.15, -0.1) is 0 Å². The third-order valence-corrected chi connectivity index (χ3v) is 4.44. The summed E-state index contributed by atoms with van der Waals surface area (Å²) in [5, 5.41) is 6.17. The van der Waals surface area contributed by atoms with E-state index < -0.39 is 0 Å². The van der Waals surface area contributed by atoms with Crippen LogP contribution in [0, 0.1) is 0 Å². The fourth-order valence-corrected chi connectivity index (χ4v) is 3.07. The van der Waals surface area contributed by atoms with Gasteiger partial charge in [0, 0.05) is 45.0 Å².